The molecule has 1 fully saturated rings. The van der Waals surface area contributed by atoms with Gasteiger partial charge < -0.3 is 29.4 Å². The summed E-state index contributed by atoms with van der Waals surface area (Å²) in [6.07, 6.45) is 0.793. The van der Waals surface area contributed by atoms with Gasteiger partial charge in [-0.15, -0.1) is 0 Å². The number of nitrogens with one attached hydrogen (secondary N) is 4. The van der Waals surface area contributed by atoms with E-state index < -0.39 is 0 Å². The third kappa shape index (κ3) is 5.28. The van der Waals surface area contributed by atoms with E-state index >= 15 is 0 Å². The minimum absolute atomic E-state index is 0.638. The number of rotatable bonds is 9. The largest absolute Gasteiger partial charge is 0.493 e. The predicted octanol–water partition coefficient (Wildman–Crippen LogP) is 3.33. The summed E-state index contributed by atoms with van der Waals surface area (Å²) in [4.78, 5) is 18.6. The molecule has 3 heterocycles. The van der Waals surface area contributed by atoms with Crippen LogP contribution in [0.2, 0.25) is 0 Å². The van der Waals surface area contributed by atoms with E-state index in [1.54, 1.807) is 14.2 Å². The topological polar surface area (TPSA) is 111 Å². The molecule has 10 nitrogen and oxygen atoms in total. The first-order valence-corrected chi connectivity index (χ1v) is 12.1. The number of benzene rings is 2. The molecule has 10 heteroatoms. The zero-order chi connectivity index (χ0) is 24.9. The predicted molar refractivity (Wildman–Crippen MR) is 140 cm³/mol. The Kier molecular flexibility index (Phi) is 7.03. The smallest absolute Gasteiger partial charge is 0.347 e. The van der Waals surface area contributed by atoms with E-state index in [1.807, 2.05) is 30.3 Å². The monoisotopic (exact) mass is 490 g/mol. The first kappa shape index (κ1) is 23.7. The fourth-order valence-electron chi connectivity index (χ4n) is 4.31. The van der Waals surface area contributed by atoms with Crippen LogP contribution in [0.4, 0.5) is 23.4 Å². The molecule has 1 saturated heterocycles. The third-order valence-electron chi connectivity index (χ3n) is 6.14. The molecule has 0 saturated carbocycles. The number of fused-ring (bicyclic) bond motifs is 1. The lowest BCUT2D eigenvalue weighted by molar-refractivity contribution is -0.349. The molecule has 1 aliphatic rings. The number of hydrogen-bond acceptors (Lipinski definition) is 8. The number of aromatic amines is 2. The molecule has 0 amide bonds. The van der Waals surface area contributed by atoms with Crippen molar-refractivity contribution >= 4 is 34.6 Å². The normalized spacial score (nSPS) is 13.6. The highest BCUT2D eigenvalue weighted by Crippen LogP contribution is 2.28. The molecule has 2 aromatic carbocycles. The molecule has 0 unspecified atom stereocenters. The Morgan fingerprint density at radius 2 is 1.89 bits per heavy atom. The van der Waals surface area contributed by atoms with Gasteiger partial charge in [-0.2, -0.15) is 4.98 Å². The molecule has 36 heavy (non-hydrogen) atoms. The Labute approximate surface area is 210 Å². The highest BCUT2D eigenvalue weighted by atomic mass is 16.5. The fraction of sp³-hybridized carbons (Fsp3) is 0.346. The second-order valence-electron chi connectivity index (χ2n) is 8.68. The van der Waals surface area contributed by atoms with Crippen molar-refractivity contribution in [2.45, 2.75) is 13.3 Å². The van der Waals surface area contributed by atoms with Crippen LogP contribution in [-0.4, -0.2) is 62.0 Å². The number of H-pyrrole nitrogens is 2. The minimum atomic E-state index is 0.638. The number of aromatic nitrogens is 4. The summed E-state index contributed by atoms with van der Waals surface area (Å²) < 4.78 is 16.3. The summed E-state index contributed by atoms with van der Waals surface area (Å²) in [6.45, 7) is 5.70. The molecule has 0 radical (unpaired) electrons. The maximum Gasteiger partial charge on any atom is 0.347 e. The van der Waals surface area contributed by atoms with E-state index in [9.17, 15) is 0 Å². The van der Waals surface area contributed by atoms with Crippen molar-refractivity contribution in [2.24, 2.45) is 0 Å². The molecule has 4 aromatic rings. The average Bonchev–Trinajstić information content (AvgIpc) is 3.30. The second kappa shape index (κ2) is 10.7. The number of ether oxygens (including phenoxy) is 3. The summed E-state index contributed by atoms with van der Waals surface area (Å²) in [6, 6.07) is 14.1. The Balaban J connectivity index is 1.38. The van der Waals surface area contributed by atoms with Crippen LogP contribution in [0.25, 0.3) is 11.2 Å². The van der Waals surface area contributed by atoms with E-state index in [-0.39, 0.29) is 0 Å². The third-order valence-corrected chi connectivity index (χ3v) is 6.14. The van der Waals surface area contributed by atoms with E-state index in [4.69, 9.17) is 24.2 Å². The molecule has 1 aliphatic heterocycles. The van der Waals surface area contributed by atoms with E-state index in [0.29, 0.717) is 37.3 Å². The van der Waals surface area contributed by atoms with E-state index in [1.165, 1.54) is 5.56 Å². The van der Waals surface area contributed by atoms with Crippen LogP contribution >= 0.6 is 0 Å². The lowest BCUT2D eigenvalue weighted by atomic mass is 10.1. The number of morpholine rings is 1. The van der Waals surface area contributed by atoms with Gasteiger partial charge in [0.1, 0.15) is 0 Å². The van der Waals surface area contributed by atoms with Crippen molar-refractivity contribution in [3.8, 4) is 11.5 Å². The first-order chi connectivity index (χ1) is 17.6. The average molecular weight is 491 g/mol. The van der Waals surface area contributed by atoms with Crippen LogP contribution < -0.4 is 30.0 Å². The zero-order valence-corrected chi connectivity index (χ0v) is 20.9. The van der Waals surface area contributed by atoms with E-state index in [0.717, 1.165) is 53.6 Å². The SMILES string of the molecule is COc1ccc(CCNc2nc3nc(Nc4cccc(C)c4)[nH]c3c(N3CCOCC3)[nH+]2)cc1OC. The number of aryl methyl sites for hydroxylation is 1. The van der Waals surface area contributed by atoms with E-state index in [2.05, 4.69) is 44.6 Å². The molecule has 5 rings (SSSR count). The van der Waals surface area contributed by atoms with Gasteiger partial charge in [-0.3, -0.25) is 5.32 Å². The van der Waals surface area contributed by atoms with Crippen LogP contribution in [0.15, 0.2) is 42.5 Å². The van der Waals surface area contributed by atoms with Gasteiger partial charge in [-0.1, -0.05) is 23.2 Å². The number of hydrogen-bond donors (Lipinski definition) is 3. The molecule has 0 bridgehead atoms. The lowest BCUT2D eigenvalue weighted by Crippen LogP contribution is -2.40. The fourth-order valence-corrected chi connectivity index (χ4v) is 4.31. The minimum Gasteiger partial charge on any atom is -0.493 e. The Morgan fingerprint density at radius 1 is 1.06 bits per heavy atom. The number of nitrogens with zero attached hydrogens (tertiary/aromatic N) is 3. The summed E-state index contributed by atoms with van der Waals surface area (Å²) in [5.41, 5.74) is 4.78. The number of anilines is 4. The quantitative estimate of drug-likeness (QED) is 0.328. The van der Waals surface area contributed by atoms with Gasteiger partial charge in [0.15, 0.2) is 17.0 Å². The van der Waals surface area contributed by atoms with Gasteiger partial charge in [0.2, 0.25) is 17.4 Å². The van der Waals surface area contributed by atoms with Crippen molar-refractivity contribution < 1.29 is 19.2 Å². The Hall–Kier alpha value is -4.05. The summed E-state index contributed by atoms with van der Waals surface area (Å²) in [5, 5.41) is 6.79. The Bertz CT molecular complexity index is 1330. The van der Waals surface area contributed by atoms with Crippen LogP contribution in [0.1, 0.15) is 11.1 Å². The standard InChI is InChI=1S/C26H31N7O3/c1-17-5-4-6-19(15-17)28-26-29-22-23(31-26)30-25(32-24(22)33-11-13-36-14-12-33)27-10-9-18-7-8-20(34-2)21(16-18)35-3/h4-8,15-16H,9-14H2,1-3H3,(H3,27,28,29,30,31,32)/p+1. The van der Waals surface area contributed by atoms with Gasteiger partial charge in [0, 0.05) is 5.69 Å². The van der Waals surface area contributed by atoms with Gasteiger partial charge in [-0.25, -0.2) is 4.98 Å². The van der Waals surface area contributed by atoms with Crippen LogP contribution in [0, 0.1) is 6.92 Å². The molecule has 0 aliphatic carbocycles. The van der Waals surface area contributed by atoms with Crippen molar-refractivity contribution in [2.75, 3.05) is 62.6 Å². The molecule has 2 aromatic heterocycles. The molecular formula is C26H32N7O3+. The Morgan fingerprint density at radius 3 is 2.67 bits per heavy atom. The number of methoxy groups -OCH3 is 2. The highest BCUT2D eigenvalue weighted by molar-refractivity contribution is 5.84. The first-order valence-electron chi connectivity index (χ1n) is 12.1. The van der Waals surface area contributed by atoms with Crippen LogP contribution in [0.5, 0.6) is 11.5 Å². The zero-order valence-electron chi connectivity index (χ0n) is 20.9. The molecule has 0 atom stereocenters. The number of imidazole rings is 1. The van der Waals surface area contributed by atoms with Gasteiger partial charge in [0.05, 0.1) is 47.1 Å². The molecule has 0 spiro atoms. The summed E-state index contributed by atoms with van der Waals surface area (Å²) >= 11 is 0. The summed E-state index contributed by atoms with van der Waals surface area (Å²) in [7, 11) is 3.28. The highest BCUT2D eigenvalue weighted by Gasteiger charge is 2.24. The second-order valence-corrected chi connectivity index (χ2v) is 8.68. The maximum absolute atomic E-state index is 5.56. The van der Waals surface area contributed by atoms with Gasteiger partial charge in [0.25, 0.3) is 0 Å². The van der Waals surface area contributed by atoms with Crippen molar-refractivity contribution in [1.82, 2.24) is 15.0 Å². The van der Waals surface area contributed by atoms with Crippen LogP contribution in [-0.2, 0) is 11.2 Å². The van der Waals surface area contributed by atoms with Gasteiger partial charge in [-0.05, 0) is 48.7 Å². The summed E-state index contributed by atoms with van der Waals surface area (Å²) in [5.74, 6) is 3.70. The van der Waals surface area contributed by atoms with Crippen molar-refractivity contribution in [3.05, 3.63) is 53.6 Å². The van der Waals surface area contributed by atoms with Crippen LogP contribution in [0.3, 0.4) is 0 Å². The van der Waals surface area contributed by atoms with Gasteiger partial charge >= 0.3 is 5.95 Å². The van der Waals surface area contributed by atoms with Crippen molar-refractivity contribution in [3.63, 3.8) is 0 Å². The molecule has 188 valence electrons. The van der Waals surface area contributed by atoms with Crippen molar-refractivity contribution in [1.29, 1.82) is 0 Å². The lowest BCUT2D eigenvalue weighted by Gasteiger charge is -2.24. The molecule has 4 N–H and O–H groups in total. The maximum atomic E-state index is 5.56. The molecular weight excluding hydrogens is 458 g/mol.